The van der Waals surface area contributed by atoms with Crippen LogP contribution in [0.15, 0.2) is 60.2 Å². The minimum absolute atomic E-state index is 0.114. The molecule has 0 aliphatic rings. The largest absolute Gasteiger partial charge is 0.481 e. The van der Waals surface area contributed by atoms with Gasteiger partial charge in [-0.3, -0.25) is 9.59 Å². The second-order valence-corrected chi connectivity index (χ2v) is 8.83. The maximum absolute atomic E-state index is 12.5. The Hall–Kier alpha value is -3.50. The van der Waals surface area contributed by atoms with Gasteiger partial charge >= 0.3 is 0 Å². The molecule has 3 rings (SSSR count). The lowest BCUT2D eigenvalue weighted by molar-refractivity contribution is -0.118. The Morgan fingerprint density at radius 1 is 0.943 bits per heavy atom. The Kier molecular flexibility index (Phi) is 8.78. The summed E-state index contributed by atoms with van der Waals surface area (Å²) >= 11 is 18.5. The molecule has 0 radical (unpaired) electrons. The first kappa shape index (κ1) is 26.1. The highest BCUT2D eigenvalue weighted by Crippen LogP contribution is 2.35. The van der Waals surface area contributed by atoms with E-state index in [2.05, 4.69) is 10.6 Å². The Bertz CT molecular complexity index is 1340. The molecule has 3 aromatic carbocycles. The van der Waals surface area contributed by atoms with Crippen molar-refractivity contribution in [2.24, 2.45) is 0 Å². The summed E-state index contributed by atoms with van der Waals surface area (Å²) in [7, 11) is 0. The van der Waals surface area contributed by atoms with Gasteiger partial charge in [0, 0.05) is 16.4 Å². The van der Waals surface area contributed by atoms with E-state index < -0.39 is 5.91 Å². The number of hydrogen-bond donors (Lipinski definition) is 2. The molecule has 0 atom stereocenters. The Balaban J connectivity index is 1.69. The minimum atomic E-state index is -0.620. The van der Waals surface area contributed by atoms with Crippen LogP contribution in [0.25, 0.3) is 6.08 Å². The molecule has 2 amide bonds. The van der Waals surface area contributed by atoms with Crippen LogP contribution in [-0.4, -0.2) is 18.4 Å². The van der Waals surface area contributed by atoms with Crippen LogP contribution >= 0.6 is 34.8 Å². The van der Waals surface area contributed by atoms with Crippen LogP contribution in [0.4, 0.5) is 11.4 Å². The lowest BCUT2D eigenvalue weighted by atomic mass is 10.1. The molecular weight excluding hydrogens is 509 g/mol. The fraction of sp³-hybridized carbons (Fsp3) is 0.115. The molecule has 3 aromatic rings. The average Bonchev–Trinajstić information content (AvgIpc) is 2.79. The number of carbonyl (C=O) groups excluding carboxylic acids is 2. The van der Waals surface area contributed by atoms with Crippen molar-refractivity contribution in [1.29, 1.82) is 5.26 Å². The van der Waals surface area contributed by atoms with Crippen LogP contribution in [0.2, 0.25) is 15.1 Å². The molecule has 0 heterocycles. The summed E-state index contributed by atoms with van der Waals surface area (Å²) < 4.78 is 5.53. The SMILES string of the molecule is Cc1ccc(NC(=O)COc2c(Cl)cc(/C=C(/C#N)C(=O)Nc3cccc(Cl)c3)cc2Cl)cc1C. The summed E-state index contributed by atoms with van der Waals surface area (Å²) in [5.74, 6) is -0.887. The summed E-state index contributed by atoms with van der Waals surface area (Å²) in [4.78, 5) is 24.8. The number of carbonyl (C=O) groups is 2. The number of nitrogens with zero attached hydrogens (tertiary/aromatic N) is 1. The van der Waals surface area contributed by atoms with Gasteiger partial charge in [-0.15, -0.1) is 0 Å². The predicted octanol–water partition coefficient (Wildman–Crippen LogP) is 6.83. The maximum Gasteiger partial charge on any atom is 0.266 e. The Morgan fingerprint density at radius 3 is 2.26 bits per heavy atom. The number of nitriles is 1. The smallest absolute Gasteiger partial charge is 0.266 e. The van der Waals surface area contributed by atoms with Crippen molar-refractivity contribution in [2.75, 3.05) is 17.2 Å². The Morgan fingerprint density at radius 2 is 1.63 bits per heavy atom. The molecule has 0 aromatic heterocycles. The van der Waals surface area contributed by atoms with Crippen LogP contribution in [-0.2, 0) is 9.59 Å². The Labute approximate surface area is 218 Å². The van der Waals surface area contributed by atoms with E-state index in [1.165, 1.54) is 18.2 Å². The van der Waals surface area contributed by atoms with Gasteiger partial charge in [-0.05, 0) is 79.1 Å². The van der Waals surface area contributed by atoms with E-state index in [9.17, 15) is 14.9 Å². The molecule has 6 nitrogen and oxygen atoms in total. The number of halogens is 3. The lowest BCUT2D eigenvalue weighted by Crippen LogP contribution is -2.20. The zero-order chi connectivity index (χ0) is 25.5. The molecule has 0 aliphatic heterocycles. The average molecular weight is 529 g/mol. The third-order valence-electron chi connectivity index (χ3n) is 4.92. The van der Waals surface area contributed by atoms with E-state index in [-0.39, 0.29) is 33.9 Å². The number of hydrogen-bond acceptors (Lipinski definition) is 4. The number of amides is 2. The highest BCUT2D eigenvalue weighted by molar-refractivity contribution is 6.37. The standard InChI is InChI=1S/C26H20Cl3N3O3/c1-15-6-7-21(8-16(15)2)31-24(33)14-35-25-22(28)10-17(11-23(25)29)9-18(13-30)26(34)32-20-5-3-4-19(27)12-20/h3-12H,14H2,1-2H3,(H,31,33)(H,32,34)/b18-9-. The topological polar surface area (TPSA) is 91.2 Å². The number of aryl methyl sites for hydroxylation is 2. The molecule has 0 unspecified atom stereocenters. The van der Waals surface area contributed by atoms with Gasteiger partial charge < -0.3 is 15.4 Å². The van der Waals surface area contributed by atoms with Crippen molar-refractivity contribution in [3.05, 3.63) is 91.9 Å². The molecule has 35 heavy (non-hydrogen) atoms. The van der Waals surface area contributed by atoms with Crippen LogP contribution in [0, 0.1) is 25.2 Å². The van der Waals surface area contributed by atoms with Crippen molar-refractivity contribution >= 4 is 64.1 Å². The fourth-order valence-corrected chi connectivity index (χ4v) is 3.84. The zero-order valence-electron chi connectivity index (χ0n) is 18.8. The second-order valence-electron chi connectivity index (χ2n) is 7.58. The van der Waals surface area contributed by atoms with Crippen LogP contribution < -0.4 is 15.4 Å². The van der Waals surface area contributed by atoms with Crippen molar-refractivity contribution in [2.45, 2.75) is 13.8 Å². The molecular formula is C26H20Cl3N3O3. The summed E-state index contributed by atoms with van der Waals surface area (Å²) in [6.07, 6.45) is 1.34. The first-order chi connectivity index (χ1) is 16.7. The van der Waals surface area contributed by atoms with Crippen LogP contribution in [0.5, 0.6) is 5.75 Å². The molecule has 0 aliphatic carbocycles. The zero-order valence-corrected chi connectivity index (χ0v) is 21.1. The van der Waals surface area contributed by atoms with Gasteiger partial charge in [0.1, 0.15) is 11.6 Å². The van der Waals surface area contributed by atoms with Crippen molar-refractivity contribution < 1.29 is 14.3 Å². The lowest BCUT2D eigenvalue weighted by Gasteiger charge is -2.12. The van der Waals surface area contributed by atoms with Gasteiger partial charge in [-0.1, -0.05) is 46.9 Å². The van der Waals surface area contributed by atoms with Crippen LogP contribution in [0.1, 0.15) is 16.7 Å². The number of nitrogens with one attached hydrogen (secondary N) is 2. The van der Waals surface area contributed by atoms with Crippen molar-refractivity contribution in [3.63, 3.8) is 0 Å². The van der Waals surface area contributed by atoms with Gasteiger partial charge in [0.15, 0.2) is 12.4 Å². The van der Waals surface area contributed by atoms with Crippen molar-refractivity contribution in [3.8, 4) is 11.8 Å². The van der Waals surface area contributed by atoms with E-state index in [1.54, 1.807) is 30.3 Å². The summed E-state index contributed by atoms with van der Waals surface area (Å²) in [6.45, 7) is 3.63. The molecule has 178 valence electrons. The molecule has 9 heteroatoms. The molecule has 0 bridgehead atoms. The quantitative estimate of drug-likeness (QED) is 0.260. The summed E-state index contributed by atoms with van der Waals surface area (Å²) in [6, 6.07) is 16.9. The van der Waals surface area contributed by atoms with E-state index in [1.807, 2.05) is 32.0 Å². The van der Waals surface area contributed by atoms with Gasteiger partial charge in [0.05, 0.1) is 10.0 Å². The first-order valence-corrected chi connectivity index (χ1v) is 11.5. The summed E-state index contributed by atoms with van der Waals surface area (Å²) in [5, 5.41) is 15.5. The highest BCUT2D eigenvalue weighted by Gasteiger charge is 2.14. The second kappa shape index (κ2) is 11.8. The number of ether oxygens (including phenoxy) is 1. The minimum Gasteiger partial charge on any atom is -0.481 e. The van der Waals surface area contributed by atoms with Gasteiger partial charge in [0.25, 0.3) is 11.8 Å². The molecule has 2 N–H and O–H groups in total. The third-order valence-corrected chi connectivity index (χ3v) is 5.71. The predicted molar refractivity (Wildman–Crippen MR) is 140 cm³/mol. The van der Waals surface area contributed by atoms with Crippen molar-refractivity contribution in [1.82, 2.24) is 0 Å². The monoisotopic (exact) mass is 527 g/mol. The van der Waals surface area contributed by atoms with E-state index in [4.69, 9.17) is 39.5 Å². The van der Waals surface area contributed by atoms with Gasteiger partial charge in [0.2, 0.25) is 0 Å². The highest BCUT2D eigenvalue weighted by atomic mass is 35.5. The first-order valence-electron chi connectivity index (χ1n) is 10.3. The maximum atomic E-state index is 12.5. The van der Waals surface area contributed by atoms with E-state index >= 15 is 0 Å². The molecule has 0 fully saturated rings. The van der Waals surface area contributed by atoms with Gasteiger partial charge in [-0.2, -0.15) is 5.26 Å². The third kappa shape index (κ3) is 7.24. The number of benzene rings is 3. The molecule has 0 spiro atoms. The van der Waals surface area contributed by atoms with E-state index in [0.29, 0.717) is 22.0 Å². The molecule has 0 saturated carbocycles. The van der Waals surface area contributed by atoms with Gasteiger partial charge in [-0.25, -0.2) is 0 Å². The fourth-order valence-electron chi connectivity index (χ4n) is 3.03. The van der Waals surface area contributed by atoms with E-state index in [0.717, 1.165) is 11.1 Å². The molecule has 0 saturated heterocycles. The summed E-state index contributed by atoms with van der Waals surface area (Å²) in [5.41, 5.74) is 3.51. The van der Waals surface area contributed by atoms with Crippen LogP contribution in [0.3, 0.4) is 0 Å². The number of anilines is 2. The number of rotatable bonds is 7. The normalized spacial score (nSPS) is 10.9.